The van der Waals surface area contributed by atoms with E-state index in [1.54, 1.807) is 0 Å². The molecule has 0 saturated carbocycles. The molecule has 0 amide bonds. The normalized spacial score (nSPS) is 25.8. The van der Waals surface area contributed by atoms with E-state index in [0.29, 0.717) is 11.5 Å². The van der Waals surface area contributed by atoms with Crippen molar-refractivity contribution in [1.82, 2.24) is 5.32 Å². The van der Waals surface area contributed by atoms with Crippen molar-refractivity contribution < 1.29 is 13.2 Å². The molecule has 1 N–H and O–H groups in total. The third kappa shape index (κ3) is 2.21. The molecule has 4 heteroatoms. The van der Waals surface area contributed by atoms with Gasteiger partial charge in [-0.1, -0.05) is 6.92 Å². The van der Waals surface area contributed by atoms with Gasteiger partial charge in [0.05, 0.1) is 0 Å². The van der Waals surface area contributed by atoms with Crippen molar-refractivity contribution in [3.63, 3.8) is 0 Å². The van der Waals surface area contributed by atoms with Crippen molar-refractivity contribution in [3.05, 3.63) is 35.1 Å². The molecule has 0 radical (unpaired) electrons. The fourth-order valence-corrected chi connectivity index (χ4v) is 2.06. The van der Waals surface area contributed by atoms with Gasteiger partial charge in [-0.2, -0.15) is 0 Å². The van der Waals surface area contributed by atoms with Crippen LogP contribution in [0.5, 0.6) is 0 Å². The zero-order chi connectivity index (χ0) is 11.7. The van der Waals surface area contributed by atoms with Gasteiger partial charge in [-0.15, -0.1) is 0 Å². The van der Waals surface area contributed by atoms with E-state index in [9.17, 15) is 13.2 Å². The number of halogens is 3. The van der Waals surface area contributed by atoms with E-state index in [0.717, 1.165) is 31.5 Å². The minimum absolute atomic E-state index is 0.0687. The van der Waals surface area contributed by atoms with Crippen LogP contribution in [0, 0.1) is 23.4 Å². The van der Waals surface area contributed by atoms with Crippen molar-refractivity contribution in [3.8, 4) is 0 Å². The van der Waals surface area contributed by atoms with Crippen LogP contribution in [0.15, 0.2) is 12.1 Å². The van der Waals surface area contributed by atoms with Gasteiger partial charge < -0.3 is 5.32 Å². The summed E-state index contributed by atoms with van der Waals surface area (Å²) < 4.78 is 38.8. The smallest absolute Gasteiger partial charge is 0.194 e. The molecular formula is C12H14F3N. The van der Waals surface area contributed by atoms with Crippen molar-refractivity contribution in [2.75, 3.05) is 6.54 Å². The third-order valence-corrected chi connectivity index (χ3v) is 3.07. The zero-order valence-corrected chi connectivity index (χ0v) is 9.06. The third-order valence-electron chi connectivity index (χ3n) is 3.07. The van der Waals surface area contributed by atoms with E-state index >= 15 is 0 Å². The SMILES string of the molecule is CC1CCC(c2cc(F)c(F)c(F)c2)NC1. The summed E-state index contributed by atoms with van der Waals surface area (Å²) in [6.45, 7) is 2.94. The Morgan fingerprint density at radius 1 is 1.12 bits per heavy atom. The Morgan fingerprint density at radius 2 is 1.75 bits per heavy atom. The standard InChI is InChI=1S/C12H14F3N/c1-7-2-3-11(16-6-7)8-4-9(13)12(15)10(14)5-8/h4-5,7,11,16H,2-3,6H2,1H3. The van der Waals surface area contributed by atoms with Crippen molar-refractivity contribution in [2.24, 2.45) is 5.92 Å². The number of nitrogens with one attached hydrogen (secondary N) is 1. The number of benzene rings is 1. The molecule has 1 heterocycles. The molecule has 1 nitrogen and oxygen atoms in total. The molecule has 1 saturated heterocycles. The van der Waals surface area contributed by atoms with E-state index in [2.05, 4.69) is 12.2 Å². The quantitative estimate of drug-likeness (QED) is 0.729. The van der Waals surface area contributed by atoms with Crippen LogP contribution in [0.1, 0.15) is 31.4 Å². The second-order valence-corrected chi connectivity index (χ2v) is 4.44. The Morgan fingerprint density at radius 3 is 2.25 bits per heavy atom. The Balaban J connectivity index is 2.21. The molecule has 2 atom stereocenters. The monoisotopic (exact) mass is 229 g/mol. The van der Waals surface area contributed by atoms with Crippen LogP contribution in [0.3, 0.4) is 0 Å². The van der Waals surface area contributed by atoms with Gasteiger partial charge in [0.25, 0.3) is 0 Å². The average Bonchev–Trinajstić information content (AvgIpc) is 2.26. The van der Waals surface area contributed by atoms with Crippen molar-refractivity contribution in [1.29, 1.82) is 0 Å². The Bertz CT molecular complexity index is 361. The molecule has 0 spiro atoms. The molecular weight excluding hydrogens is 215 g/mol. The van der Waals surface area contributed by atoms with Gasteiger partial charge in [0.15, 0.2) is 17.5 Å². The fraction of sp³-hybridized carbons (Fsp3) is 0.500. The molecule has 0 aromatic heterocycles. The van der Waals surface area contributed by atoms with E-state index < -0.39 is 17.5 Å². The number of rotatable bonds is 1. The van der Waals surface area contributed by atoms with Crippen LogP contribution in [0.2, 0.25) is 0 Å². The summed E-state index contributed by atoms with van der Waals surface area (Å²) in [4.78, 5) is 0. The second kappa shape index (κ2) is 4.45. The lowest BCUT2D eigenvalue weighted by molar-refractivity contribution is 0.330. The molecule has 88 valence electrons. The van der Waals surface area contributed by atoms with Crippen LogP contribution in [0.4, 0.5) is 13.2 Å². The highest BCUT2D eigenvalue weighted by molar-refractivity contribution is 5.23. The molecule has 1 aliphatic rings. The number of piperidine rings is 1. The van der Waals surface area contributed by atoms with Crippen LogP contribution in [0.25, 0.3) is 0 Å². The minimum atomic E-state index is -1.40. The Kier molecular flexibility index (Phi) is 3.19. The van der Waals surface area contributed by atoms with Crippen molar-refractivity contribution in [2.45, 2.75) is 25.8 Å². The maximum absolute atomic E-state index is 13.0. The first-order valence-electron chi connectivity index (χ1n) is 5.45. The van der Waals surface area contributed by atoms with Gasteiger partial charge in [-0.25, -0.2) is 13.2 Å². The summed E-state index contributed by atoms with van der Waals surface area (Å²) in [6, 6.07) is 2.08. The molecule has 2 rings (SSSR count). The molecule has 1 aliphatic heterocycles. The first-order chi connectivity index (χ1) is 7.58. The van der Waals surface area contributed by atoms with Crippen LogP contribution in [-0.4, -0.2) is 6.54 Å². The van der Waals surface area contributed by atoms with Gasteiger partial charge in [0, 0.05) is 6.04 Å². The molecule has 1 aromatic rings. The summed E-state index contributed by atoms with van der Waals surface area (Å²) in [6.07, 6.45) is 1.84. The lowest BCUT2D eigenvalue weighted by Gasteiger charge is -2.28. The molecule has 16 heavy (non-hydrogen) atoms. The fourth-order valence-electron chi connectivity index (χ4n) is 2.06. The van der Waals surface area contributed by atoms with E-state index in [-0.39, 0.29) is 6.04 Å². The van der Waals surface area contributed by atoms with E-state index in [1.165, 1.54) is 0 Å². The number of hydrogen-bond donors (Lipinski definition) is 1. The maximum Gasteiger partial charge on any atom is 0.194 e. The predicted molar refractivity (Wildman–Crippen MR) is 55.5 cm³/mol. The summed E-state index contributed by atoms with van der Waals surface area (Å²) in [5.74, 6) is -3.05. The zero-order valence-electron chi connectivity index (χ0n) is 9.06. The first kappa shape index (κ1) is 11.5. The number of hydrogen-bond acceptors (Lipinski definition) is 1. The molecule has 0 aliphatic carbocycles. The summed E-state index contributed by atoms with van der Waals surface area (Å²) in [7, 11) is 0. The van der Waals surface area contributed by atoms with Gasteiger partial charge in [0.1, 0.15) is 0 Å². The lowest BCUT2D eigenvalue weighted by atomic mass is 9.92. The van der Waals surface area contributed by atoms with Crippen molar-refractivity contribution >= 4 is 0 Å². The van der Waals surface area contributed by atoms with Gasteiger partial charge >= 0.3 is 0 Å². The molecule has 1 aromatic carbocycles. The van der Waals surface area contributed by atoms with Crippen LogP contribution >= 0.6 is 0 Å². The van der Waals surface area contributed by atoms with Crippen LogP contribution in [-0.2, 0) is 0 Å². The first-order valence-corrected chi connectivity index (χ1v) is 5.45. The Hall–Kier alpha value is -1.03. The highest BCUT2D eigenvalue weighted by atomic mass is 19.2. The van der Waals surface area contributed by atoms with E-state index in [4.69, 9.17) is 0 Å². The second-order valence-electron chi connectivity index (χ2n) is 4.44. The molecule has 2 unspecified atom stereocenters. The van der Waals surface area contributed by atoms with Gasteiger partial charge in [0.2, 0.25) is 0 Å². The lowest BCUT2D eigenvalue weighted by Crippen LogP contribution is -2.32. The van der Waals surface area contributed by atoms with Gasteiger partial charge in [-0.3, -0.25) is 0 Å². The summed E-state index contributed by atoms with van der Waals surface area (Å²) in [5, 5.41) is 3.20. The van der Waals surface area contributed by atoms with Gasteiger partial charge in [-0.05, 0) is 43.0 Å². The largest absolute Gasteiger partial charge is 0.310 e. The molecule has 1 fully saturated rings. The topological polar surface area (TPSA) is 12.0 Å². The van der Waals surface area contributed by atoms with Crippen LogP contribution < -0.4 is 5.32 Å². The average molecular weight is 229 g/mol. The van der Waals surface area contributed by atoms with E-state index in [1.807, 2.05) is 0 Å². The maximum atomic E-state index is 13.0. The minimum Gasteiger partial charge on any atom is -0.310 e. The molecule has 0 bridgehead atoms. The highest BCUT2D eigenvalue weighted by Crippen LogP contribution is 2.27. The predicted octanol–water partition coefficient (Wildman–Crippen LogP) is 3.16. The summed E-state index contributed by atoms with van der Waals surface area (Å²) >= 11 is 0. The summed E-state index contributed by atoms with van der Waals surface area (Å²) in [5.41, 5.74) is 0.489. The Labute approximate surface area is 92.7 Å². The highest BCUT2D eigenvalue weighted by Gasteiger charge is 2.21.